The summed E-state index contributed by atoms with van der Waals surface area (Å²) in [5.41, 5.74) is 4.51. The zero-order valence-electron chi connectivity index (χ0n) is 15.3. The Morgan fingerprint density at radius 1 is 1.35 bits per heavy atom. The first-order chi connectivity index (χ1) is 12.5. The largest absolute Gasteiger partial charge is 0.385 e. The number of nitrogens with zero attached hydrogens (tertiary/aromatic N) is 2. The predicted molar refractivity (Wildman–Crippen MR) is 105 cm³/mol. The molecule has 1 fully saturated rings. The first kappa shape index (κ1) is 20.1. The molecule has 1 heterocycles. The van der Waals surface area contributed by atoms with Gasteiger partial charge < -0.3 is 15.0 Å². The lowest BCUT2D eigenvalue weighted by atomic mass is 10.1. The first-order valence-electron chi connectivity index (χ1n) is 8.70. The van der Waals surface area contributed by atoms with Gasteiger partial charge in [0.15, 0.2) is 5.11 Å². The Kier molecular flexibility index (Phi) is 7.80. The van der Waals surface area contributed by atoms with Crippen LogP contribution in [0, 0.1) is 0 Å². The van der Waals surface area contributed by atoms with E-state index in [4.69, 9.17) is 17.0 Å². The number of anilines is 1. The lowest BCUT2D eigenvalue weighted by Gasteiger charge is -2.22. The maximum Gasteiger partial charge on any atom is 0.242 e. The number of nitrogens with one attached hydrogen (secondary N) is 2. The zero-order chi connectivity index (χ0) is 18.9. The van der Waals surface area contributed by atoms with E-state index in [1.54, 1.807) is 19.1 Å². The van der Waals surface area contributed by atoms with Crippen molar-refractivity contribution < 1.29 is 14.3 Å². The number of methoxy groups -OCH3 is 1. The van der Waals surface area contributed by atoms with Crippen molar-refractivity contribution in [2.75, 3.05) is 38.8 Å². The van der Waals surface area contributed by atoms with E-state index in [0.717, 1.165) is 30.6 Å². The molecule has 0 aliphatic carbocycles. The Balaban J connectivity index is 1.78. The third-order valence-electron chi connectivity index (χ3n) is 4.08. The molecule has 0 bridgehead atoms. The minimum atomic E-state index is -0.154. The zero-order valence-corrected chi connectivity index (χ0v) is 16.1. The molecule has 1 aliphatic heterocycles. The predicted octanol–water partition coefficient (Wildman–Crippen LogP) is 1.23. The number of hydrogen-bond acceptors (Lipinski definition) is 4. The molecule has 1 saturated heterocycles. The fourth-order valence-corrected chi connectivity index (χ4v) is 2.86. The van der Waals surface area contributed by atoms with Crippen molar-refractivity contribution in [3.63, 3.8) is 0 Å². The van der Waals surface area contributed by atoms with Crippen LogP contribution in [0.25, 0.3) is 0 Å². The van der Waals surface area contributed by atoms with E-state index in [0.29, 0.717) is 24.7 Å². The van der Waals surface area contributed by atoms with Crippen LogP contribution < -0.4 is 15.6 Å². The number of benzene rings is 1. The summed E-state index contributed by atoms with van der Waals surface area (Å²) in [5, 5.41) is 5.01. The molecule has 0 saturated carbocycles. The van der Waals surface area contributed by atoms with Gasteiger partial charge in [-0.15, -0.1) is 0 Å². The molecule has 0 unspecified atom stereocenters. The second kappa shape index (κ2) is 10.1. The summed E-state index contributed by atoms with van der Waals surface area (Å²) in [4.78, 5) is 25.7. The summed E-state index contributed by atoms with van der Waals surface area (Å²) in [5.74, 6) is 0.00201. The molecule has 0 atom stereocenters. The van der Waals surface area contributed by atoms with Crippen molar-refractivity contribution >= 4 is 34.8 Å². The third-order valence-corrected chi connectivity index (χ3v) is 4.50. The van der Waals surface area contributed by atoms with Gasteiger partial charge in [0, 0.05) is 46.0 Å². The third kappa shape index (κ3) is 5.96. The van der Waals surface area contributed by atoms with Crippen LogP contribution >= 0.6 is 12.2 Å². The van der Waals surface area contributed by atoms with Gasteiger partial charge in [-0.2, -0.15) is 0 Å². The van der Waals surface area contributed by atoms with Crippen molar-refractivity contribution in [3.8, 4) is 0 Å². The molecule has 2 amide bonds. The molecular formula is C18H26N4O3S. The van der Waals surface area contributed by atoms with Crippen molar-refractivity contribution in [1.29, 1.82) is 0 Å². The number of carbonyl (C=O) groups is 2. The maximum absolute atomic E-state index is 12.2. The van der Waals surface area contributed by atoms with E-state index < -0.39 is 0 Å². The number of amides is 2. The Bertz CT molecular complexity index is 636. The van der Waals surface area contributed by atoms with Crippen LogP contribution in [0.1, 0.15) is 24.8 Å². The van der Waals surface area contributed by atoms with Crippen LogP contribution in [-0.4, -0.2) is 55.8 Å². The molecule has 0 aromatic heterocycles. The van der Waals surface area contributed by atoms with Crippen LogP contribution in [0.4, 0.5) is 5.69 Å². The quantitative estimate of drug-likeness (QED) is 0.422. The number of rotatable bonds is 7. The first-order valence-corrected chi connectivity index (χ1v) is 9.11. The topological polar surface area (TPSA) is 73.9 Å². The smallest absolute Gasteiger partial charge is 0.242 e. The van der Waals surface area contributed by atoms with E-state index in [2.05, 4.69) is 10.7 Å². The average molecular weight is 378 g/mol. The van der Waals surface area contributed by atoms with Crippen molar-refractivity contribution in [2.24, 2.45) is 0 Å². The molecule has 8 heteroatoms. The average Bonchev–Trinajstić information content (AvgIpc) is 3.05. The molecule has 26 heavy (non-hydrogen) atoms. The van der Waals surface area contributed by atoms with Gasteiger partial charge in [-0.25, -0.2) is 0 Å². The number of hydrogen-bond donors (Lipinski definition) is 2. The number of hydrazine groups is 1. The van der Waals surface area contributed by atoms with E-state index in [-0.39, 0.29) is 18.2 Å². The molecule has 0 radical (unpaired) electrons. The fourth-order valence-electron chi connectivity index (χ4n) is 2.71. The summed E-state index contributed by atoms with van der Waals surface area (Å²) in [7, 11) is 3.35. The summed E-state index contributed by atoms with van der Waals surface area (Å²) >= 11 is 5.22. The number of carbonyl (C=O) groups excluding carboxylic acids is 2. The number of ether oxygens (including phenoxy) is 1. The molecule has 1 aromatic rings. The lowest BCUT2D eigenvalue weighted by molar-refractivity contribution is -0.123. The molecule has 0 spiro atoms. The molecule has 142 valence electrons. The van der Waals surface area contributed by atoms with E-state index in [1.165, 1.54) is 5.01 Å². The Labute approximate surface area is 159 Å². The van der Waals surface area contributed by atoms with Crippen LogP contribution in [0.15, 0.2) is 24.3 Å². The van der Waals surface area contributed by atoms with E-state index >= 15 is 0 Å². The van der Waals surface area contributed by atoms with Gasteiger partial charge in [0.2, 0.25) is 11.8 Å². The number of thiocarbonyl (C=S) groups is 1. The van der Waals surface area contributed by atoms with Gasteiger partial charge in [0.25, 0.3) is 0 Å². The van der Waals surface area contributed by atoms with Gasteiger partial charge in [-0.1, -0.05) is 12.1 Å². The fraction of sp³-hybridized carbons (Fsp3) is 0.500. The highest BCUT2D eigenvalue weighted by Gasteiger charge is 2.21. The van der Waals surface area contributed by atoms with Crippen LogP contribution in [0.3, 0.4) is 0 Å². The Morgan fingerprint density at radius 2 is 2.08 bits per heavy atom. The Hall–Kier alpha value is -2.19. The van der Waals surface area contributed by atoms with Crippen LogP contribution in [0.2, 0.25) is 0 Å². The summed E-state index contributed by atoms with van der Waals surface area (Å²) in [6.07, 6.45) is 2.58. The minimum absolute atomic E-state index is 0.154. The summed E-state index contributed by atoms with van der Waals surface area (Å²) in [6.45, 7) is 2.10. The monoisotopic (exact) mass is 378 g/mol. The molecular weight excluding hydrogens is 352 g/mol. The van der Waals surface area contributed by atoms with Gasteiger partial charge in [0.05, 0.1) is 6.42 Å². The molecule has 1 aliphatic rings. The van der Waals surface area contributed by atoms with Crippen molar-refractivity contribution in [3.05, 3.63) is 29.8 Å². The summed E-state index contributed by atoms with van der Waals surface area (Å²) in [6, 6.07) is 7.53. The van der Waals surface area contributed by atoms with Crippen molar-refractivity contribution in [1.82, 2.24) is 15.8 Å². The standard InChI is InChI=1S/C18H26N4O3S/c1-21(18(26)19-10-4-12-25-2)20-16(23)13-14-6-8-15(9-7-14)22-11-3-5-17(22)24/h6-9H,3-5,10-13H2,1-2H3,(H,19,26)(H,20,23). The van der Waals surface area contributed by atoms with Gasteiger partial charge >= 0.3 is 0 Å². The molecule has 2 rings (SSSR count). The highest BCUT2D eigenvalue weighted by molar-refractivity contribution is 7.80. The minimum Gasteiger partial charge on any atom is -0.385 e. The second-order valence-corrected chi connectivity index (χ2v) is 6.55. The lowest BCUT2D eigenvalue weighted by Crippen LogP contribution is -2.48. The summed E-state index contributed by atoms with van der Waals surface area (Å²) < 4.78 is 4.97. The van der Waals surface area contributed by atoms with Crippen molar-refractivity contribution in [2.45, 2.75) is 25.7 Å². The SMILES string of the molecule is COCCCNC(=S)N(C)NC(=O)Cc1ccc(N2CCCC2=O)cc1. The Morgan fingerprint density at radius 3 is 2.69 bits per heavy atom. The molecule has 2 N–H and O–H groups in total. The van der Waals surface area contributed by atoms with E-state index in [1.807, 2.05) is 24.3 Å². The van der Waals surface area contributed by atoms with Crippen LogP contribution in [0.5, 0.6) is 0 Å². The molecule has 1 aromatic carbocycles. The van der Waals surface area contributed by atoms with Gasteiger partial charge in [-0.05, 0) is 42.8 Å². The normalized spacial score (nSPS) is 13.6. The van der Waals surface area contributed by atoms with E-state index in [9.17, 15) is 9.59 Å². The maximum atomic E-state index is 12.2. The highest BCUT2D eigenvalue weighted by Crippen LogP contribution is 2.21. The second-order valence-electron chi connectivity index (χ2n) is 6.16. The van der Waals surface area contributed by atoms with Gasteiger partial charge in [0.1, 0.15) is 0 Å². The van der Waals surface area contributed by atoms with Crippen LogP contribution in [-0.2, 0) is 20.7 Å². The molecule has 7 nitrogen and oxygen atoms in total. The van der Waals surface area contributed by atoms with Gasteiger partial charge in [-0.3, -0.25) is 20.0 Å². The highest BCUT2D eigenvalue weighted by atomic mass is 32.1.